The zero-order valence-electron chi connectivity index (χ0n) is 6.39. The summed E-state index contributed by atoms with van der Waals surface area (Å²) in [4.78, 5) is 0. The molecule has 0 saturated heterocycles. The Bertz CT molecular complexity index is 139. The summed E-state index contributed by atoms with van der Waals surface area (Å²) in [6.45, 7) is 1.74. The molecule has 0 aliphatic rings. The van der Waals surface area contributed by atoms with E-state index >= 15 is 0 Å². The van der Waals surface area contributed by atoms with Gasteiger partial charge in [-0.3, -0.25) is 0 Å². The maximum atomic E-state index is 6.67. The van der Waals surface area contributed by atoms with Gasteiger partial charge in [-0.05, 0) is 6.92 Å². The molecule has 0 saturated carbocycles. The summed E-state index contributed by atoms with van der Waals surface area (Å²) >= 11 is 0. The predicted molar refractivity (Wildman–Crippen MR) is 34.2 cm³/mol. The molecule has 0 radical (unpaired) electrons. The summed E-state index contributed by atoms with van der Waals surface area (Å²) in [6.07, 6.45) is 8.59. The quantitative estimate of drug-likeness (QED) is 0.463. The lowest BCUT2D eigenvalue weighted by molar-refractivity contribution is 1.73. The van der Waals surface area contributed by atoms with Crippen molar-refractivity contribution in [1.29, 1.82) is 0 Å². The lowest BCUT2D eigenvalue weighted by atomic mass is 10.4. The van der Waals surface area contributed by atoms with Gasteiger partial charge in [-0.2, -0.15) is 0 Å². The molecule has 7 heavy (non-hydrogen) atoms. The van der Waals surface area contributed by atoms with Crippen LogP contribution < -0.4 is 0 Å². The third-order valence-corrected chi connectivity index (χ3v) is 0.511. The zero-order valence-corrected chi connectivity index (χ0v) is 4.39. The fourth-order valence-electron chi connectivity index (χ4n) is 0.231. The standard InChI is InChI=1S/C7H10/c1-3-5-7-6-4-2/h3-7H,1H2,2H3/i1D2. The van der Waals surface area contributed by atoms with Crippen molar-refractivity contribution in [3.63, 3.8) is 0 Å². The first-order valence-electron chi connectivity index (χ1n) is 3.20. The van der Waals surface area contributed by atoms with Gasteiger partial charge >= 0.3 is 0 Å². The topological polar surface area (TPSA) is 0 Å². The van der Waals surface area contributed by atoms with Crippen molar-refractivity contribution in [3.8, 4) is 0 Å². The third-order valence-electron chi connectivity index (χ3n) is 0.511. The number of hydrogen-bond donors (Lipinski definition) is 0. The van der Waals surface area contributed by atoms with Gasteiger partial charge < -0.3 is 0 Å². The number of allylic oxidation sites excluding steroid dienone is 5. The number of rotatable bonds is 2. The van der Waals surface area contributed by atoms with Gasteiger partial charge in [-0.25, -0.2) is 0 Å². The van der Waals surface area contributed by atoms with Crippen LogP contribution in [0.3, 0.4) is 0 Å². The highest BCUT2D eigenvalue weighted by Gasteiger charge is 1.52. The second kappa shape index (κ2) is 5.22. The van der Waals surface area contributed by atoms with Crippen LogP contribution in [0.2, 0.25) is 0 Å². The first-order valence-corrected chi connectivity index (χ1v) is 2.20. The van der Waals surface area contributed by atoms with Crippen molar-refractivity contribution < 1.29 is 2.74 Å². The van der Waals surface area contributed by atoms with E-state index in [0.29, 0.717) is 0 Å². The third kappa shape index (κ3) is 5.22. The van der Waals surface area contributed by atoms with Crippen molar-refractivity contribution in [2.75, 3.05) is 0 Å². The molecule has 0 spiro atoms. The monoisotopic (exact) mass is 96.1 g/mol. The molecule has 0 bridgehead atoms. The van der Waals surface area contributed by atoms with Gasteiger partial charge in [0, 0.05) is 0 Å². The first-order chi connectivity index (χ1) is 4.27. The van der Waals surface area contributed by atoms with Crippen LogP contribution in [-0.2, 0) is 0 Å². The molecule has 38 valence electrons. The Morgan fingerprint density at radius 3 is 2.86 bits per heavy atom. The van der Waals surface area contributed by atoms with E-state index in [1.165, 1.54) is 6.08 Å². The minimum atomic E-state index is -0.171. The predicted octanol–water partition coefficient (Wildman–Crippen LogP) is 2.30. The normalized spacial score (nSPS) is 14.4. The second-order valence-electron chi connectivity index (χ2n) is 1.08. The highest BCUT2D eigenvalue weighted by Crippen LogP contribution is 1.74. The maximum absolute atomic E-state index is 6.67. The van der Waals surface area contributed by atoms with Crippen molar-refractivity contribution in [2.24, 2.45) is 0 Å². The minimum absolute atomic E-state index is 0.171. The van der Waals surface area contributed by atoms with E-state index < -0.39 is 0 Å². The molecular weight excluding hydrogens is 84.1 g/mol. The van der Waals surface area contributed by atoms with E-state index in [0.717, 1.165) is 0 Å². The molecule has 0 amide bonds. The second-order valence-corrected chi connectivity index (χ2v) is 1.08. The van der Waals surface area contributed by atoms with Crippen LogP contribution in [0.15, 0.2) is 36.9 Å². The largest absolute Gasteiger partial charge is 0.0991 e. The summed E-state index contributed by atoms with van der Waals surface area (Å²) in [6, 6.07) is 0. The highest BCUT2D eigenvalue weighted by atomic mass is 13.6. The SMILES string of the molecule is [2H]C([2H])=CC=CC=CC. The number of hydrogen-bond acceptors (Lipinski definition) is 0. The fraction of sp³-hybridized carbons (Fsp3) is 0.143. The van der Waals surface area contributed by atoms with Gasteiger partial charge in [-0.1, -0.05) is 36.9 Å². The summed E-state index contributed by atoms with van der Waals surface area (Å²) in [7, 11) is 0. The van der Waals surface area contributed by atoms with E-state index in [1.807, 2.05) is 19.1 Å². The van der Waals surface area contributed by atoms with Gasteiger partial charge in [0.05, 0.1) is 2.74 Å². The van der Waals surface area contributed by atoms with Crippen molar-refractivity contribution in [1.82, 2.24) is 0 Å². The highest BCUT2D eigenvalue weighted by molar-refractivity contribution is 5.07. The van der Waals surface area contributed by atoms with Crippen LogP contribution in [0.25, 0.3) is 0 Å². The molecule has 0 fully saturated rings. The van der Waals surface area contributed by atoms with E-state index in [9.17, 15) is 0 Å². The van der Waals surface area contributed by atoms with Crippen LogP contribution in [0.4, 0.5) is 0 Å². The lowest BCUT2D eigenvalue weighted by Crippen LogP contribution is -1.43. The van der Waals surface area contributed by atoms with Gasteiger partial charge in [0.15, 0.2) is 0 Å². The van der Waals surface area contributed by atoms with E-state index in [2.05, 4.69) is 0 Å². The molecule has 0 aliphatic carbocycles. The average molecular weight is 96.2 g/mol. The van der Waals surface area contributed by atoms with E-state index in [4.69, 9.17) is 2.74 Å². The Kier molecular flexibility index (Phi) is 2.42. The Labute approximate surface area is 47.7 Å². The van der Waals surface area contributed by atoms with Gasteiger partial charge in [0.1, 0.15) is 0 Å². The smallest absolute Gasteiger partial charge is 0.0538 e. The van der Waals surface area contributed by atoms with Crippen molar-refractivity contribution in [3.05, 3.63) is 36.9 Å². The molecule has 0 aromatic rings. The molecule has 0 heteroatoms. The van der Waals surface area contributed by atoms with E-state index in [1.54, 1.807) is 12.2 Å². The Hall–Kier alpha value is -0.780. The van der Waals surface area contributed by atoms with Crippen LogP contribution in [0.5, 0.6) is 0 Å². The Balaban J connectivity index is 3.60. The minimum Gasteiger partial charge on any atom is -0.0991 e. The molecular formula is C7H10. The van der Waals surface area contributed by atoms with Crippen molar-refractivity contribution in [2.45, 2.75) is 6.92 Å². The molecule has 0 nitrogen and oxygen atoms in total. The van der Waals surface area contributed by atoms with E-state index in [-0.39, 0.29) is 6.53 Å². The fourth-order valence-corrected chi connectivity index (χ4v) is 0.231. The molecule has 0 N–H and O–H groups in total. The van der Waals surface area contributed by atoms with Crippen LogP contribution in [0.1, 0.15) is 9.67 Å². The average Bonchev–Trinajstić information content (AvgIpc) is 1.80. The molecule has 0 aromatic carbocycles. The molecule has 0 unspecified atom stereocenters. The Morgan fingerprint density at radius 2 is 2.29 bits per heavy atom. The summed E-state index contributed by atoms with van der Waals surface area (Å²) in [5.41, 5.74) is 0. The summed E-state index contributed by atoms with van der Waals surface area (Å²) in [5.74, 6) is 0. The summed E-state index contributed by atoms with van der Waals surface area (Å²) in [5, 5.41) is 0. The van der Waals surface area contributed by atoms with Crippen molar-refractivity contribution >= 4 is 0 Å². The molecule has 0 aliphatic heterocycles. The molecule has 0 rings (SSSR count). The Morgan fingerprint density at radius 1 is 1.43 bits per heavy atom. The van der Waals surface area contributed by atoms with Gasteiger partial charge in [0.2, 0.25) is 0 Å². The molecule has 0 heterocycles. The molecule has 0 aromatic heterocycles. The maximum Gasteiger partial charge on any atom is 0.0538 e. The van der Waals surface area contributed by atoms with Gasteiger partial charge in [0.25, 0.3) is 0 Å². The molecule has 0 atom stereocenters. The lowest BCUT2D eigenvalue weighted by Gasteiger charge is -1.65. The van der Waals surface area contributed by atoms with Crippen LogP contribution in [0, 0.1) is 0 Å². The summed E-state index contributed by atoms with van der Waals surface area (Å²) < 4.78 is 13.3. The van der Waals surface area contributed by atoms with Gasteiger partial charge in [-0.15, -0.1) is 0 Å². The zero-order chi connectivity index (χ0) is 7.11. The first kappa shape index (κ1) is 3.25. The van der Waals surface area contributed by atoms with Crippen LogP contribution >= 0.6 is 0 Å². The van der Waals surface area contributed by atoms with Crippen LogP contribution in [-0.4, -0.2) is 0 Å².